The van der Waals surface area contributed by atoms with E-state index in [2.05, 4.69) is 9.82 Å². The number of nitrogens with one attached hydrogen (secondary N) is 1. The Morgan fingerprint density at radius 2 is 1.94 bits per heavy atom. The highest BCUT2D eigenvalue weighted by Crippen LogP contribution is 2.24. The number of esters is 1. The fourth-order valence-corrected chi connectivity index (χ4v) is 2.04. The van der Waals surface area contributed by atoms with Crippen LogP contribution in [0.25, 0.3) is 0 Å². The molecule has 0 saturated heterocycles. The predicted molar refractivity (Wildman–Crippen MR) is 65.4 cm³/mol. The summed E-state index contributed by atoms with van der Waals surface area (Å²) < 4.78 is 21.2. The lowest BCUT2D eigenvalue weighted by molar-refractivity contribution is -0.142. The maximum absolute atomic E-state index is 11.6. The summed E-state index contributed by atoms with van der Waals surface area (Å²) >= 11 is 0. The maximum Gasteiger partial charge on any atom is 0.323 e. The second-order valence-electron chi connectivity index (χ2n) is 3.59. The SMILES string of the molecule is COC(=O)[C@H](C)N[PH](=O)Oc1ccc(C)cc1. The van der Waals surface area contributed by atoms with E-state index in [1.54, 1.807) is 19.1 Å². The lowest BCUT2D eigenvalue weighted by Crippen LogP contribution is -2.30. The van der Waals surface area contributed by atoms with Gasteiger partial charge in [-0.3, -0.25) is 9.36 Å². The Labute approximate surface area is 101 Å². The highest BCUT2D eigenvalue weighted by molar-refractivity contribution is 7.37. The molecule has 6 heteroatoms. The number of hydrogen-bond acceptors (Lipinski definition) is 4. The molecule has 0 aliphatic heterocycles. The van der Waals surface area contributed by atoms with Gasteiger partial charge >= 0.3 is 14.1 Å². The van der Waals surface area contributed by atoms with Crippen LogP contribution in [0, 0.1) is 6.92 Å². The lowest BCUT2D eigenvalue weighted by atomic mass is 10.2. The van der Waals surface area contributed by atoms with E-state index >= 15 is 0 Å². The second-order valence-corrected chi connectivity index (χ2v) is 4.66. The maximum atomic E-state index is 11.6. The third-order valence-corrected chi connectivity index (χ3v) is 3.21. The van der Waals surface area contributed by atoms with Gasteiger partial charge in [0.15, 0.2) is 0 Å². The third kappa shape index (κ3) is 4.59. The Morgan fingerprint density at radius 3 is 2.47 bits per heavy atom. The van der Waals surface area contributed by atoms with Crippen LogP contribution in [0.5, 0.6) is 5.75 Å². The van der Waals surface area contributed by atoms with E-state index in [1.165, 1.54) is 7.11 Å². The van der Waals surface area contributed by atoms with Gasteiger partial charge in [-0.1, -0.05) is 17.7 Å². The van der Waals surface area contributed by atoms with Gasteiger partial charge in [-0.25, -0.2) is 5.09 Å². The molecule has 0 aromatic heterocycles. The van der Waals surface area contributed by atoms with Gasteiger partial charge in [0.05, 0.1) is 7.11 Å². The Hall–Kier alpha value is -1.32. The van der Waals surface area contributed by atoms with Gasteiger partial charge in [-0.15, -0.1) is 0 Å². The molecule has 1 unspecified atom stereocenters. The van der Waals surface area contributed by atoms with Crippen LogP contribution in [0.4, 0.5) is 0 Å². The Morgan fingerprint density at radius 1 is 1.35 bits per heavy atom. The van der Waals surface area contributed by atoms with Crippen LogP contribution in [0.3, 0.4) is 0 Å². The molecule has 0 saturated carbocycles. The van der Waals surface area contributed by atoms with Crippen molar-refractivity contribution in [2.45, 2.75) is 19.9 Å². The Kier molecular flexibility index (Phi) is 5.19. The molecule has 0 aliphatic carbocycles. The fraction of sp³-hybridized carbons (Fsp3) is 0.364. The number of methoxy groups -OCH3 is 1. The molecule has 1 N–H and O–H groups in total. The van der Waals surface area contributed by atoms with Crippen molar-refractivity contribution in [3.8, 4) is 5.75 Å². The summed E-state index contributed by atoms with van der Waals surface area (Å²) in [5, 5.41) is 2.54. The molecule has 0 aliphatic rings. The first-order valence-corrected chi connectivity index (χ1v) is 6.47. The molecule has 0 spiro atoms. The van der Waals surface area contributed by atoms with Gasteiger partial charge in [0.1, 0.15) is 11.8 Å². The van der Waals surface area contributed by atoms with Crippen LogP contribution in [0.15, 0.2) is 24.3 Å². The number of ether oxygens (including phenoxy) is 1. The van der Waals surface area contributed by atoms with E-state index in [-0.39, 0.29) is 0 Å². The van der Waals surface area contributed by atoms with Gasteiger partial charge in [0.25, 0.3) is 0 Å². The third-order valence-electron chi connectivity index (χ3n) is 2.12. The van der Waals surface area contributed by atoms with Gasteiger partial charge in [0.2, 0.25) is 0 Å². The van der Waals surface area contributed by atoms with E-state index in [1.807, 2.05) is 19.1 Å². The minimum Gasteiger partial charge on any atom is -0.468 e. The van der Waals surface area contributed by atoms with Gasteiger partial charge < -0.3 is 9.26 Å². The van der Waals surface area contributed by atoms with Crippen molar-refractivity contribution in [1.82, 2.24) is 5.09 Å². The summed E-state index contributed by atoms with van der Waals surface area (Å²) in [6.45, 7) is 3.51. The van der Waals surface area contributed by atoms with Crippen molar-refractivity contribution in [3.05, 3.63) is 29.8 Å². The minimum atomic E-state index is -2.51. The molecular weight excluding hydrogens is 241 g/mol. The summed E-state index contributed by atoms with van der Waals surface area (Å²) in [5.41, 5.74) is 1.09. The molecular formula is C11H16NO4P. The number of carbonyl (C=O) groups is 1. The topological polar surface area (TPSA) is 64.6 Å². The first-order valence-electron chi connectivity index (χ1n) is 5.15. The number of rotatable bonds is 5. The van der Waals surface area contributed by atoms with Crippen LogP contribution in [-0.4, -0.2) is 19.1 Å². The number of aryl methyl sites for hydroxylation is 1. The first kappa shape index (κ1) is 13.7. The van der Waals surface area contributed by atoms with Crippen molar-refractivity contribution in [1.29, 1.82) is 0 Å². The number of benzene rings is 1. The van der Waals surface area contributed by atoms with E-state index in [9.17, 15) is 9.36 Å². The average molecular weight is 257 g/mol. The smallest absolute Gasteiger partial charge is 0.323 e. The highest BCUT2D eigenvalue weighted by Gasteiger charge is 2.15. The molecule has 1 aromatic rings. The second kappa shape index (κ2) is 6.42. The molecule has 5 nitrogen and oxygen atoms in total. The minimum absolute atomic E-state index is 0.476. The van der Waals surface area contributed by atoms with Crippen molar-refractivity contribution in [3.63, 3.8) is 0 Å². The molecule has 94 valence electrons. The number of hydrogen-bond donors (Lipinski definition) is 1. The van der Waals surface area contributed by atoms with E-state index in [4.69, 9.17) is 4.52 Å². The van der Waals surface area contributed by atoms with Crippen LogP contribution >= 0.6 is 8.18 Å². The summed E-state index contributed by atoms with van der Waals surface area (Å²) in [5.74, 6) is 0.0277. The zero-order chi connectivity index (χ0) is 12.8. The molecule has 17 heavy (non-hydrogen) atoms. The molecule has 0 amide bonds. The zero-order valence-electron chi connectivity index (χ0n) is 10.0. The summed E-state index contributed by atoms with van der Waals surface area (Å²) in [7, 11) is -1.23. The molecule has 1 aromatic carbocycles. The average Bonchev–Trinajstić information content (AvgIpc) is 2.30. The molecule has 0 radical (unpaired) electrons. The lowest BCUT2D eigenvalue weighted by Gasteiger charge is -2.12. The largest absolute Gasteiger partial charge is 0.468 e. The number of carbonyl (C=O) groups excluding carboxylic acids is 1. The van der Waals surface area contributed by atoms with Crippen LogP contribution in [0.1, 0.15) is 12.5 Å². The first-order chi connectivity index (χ1) is 8.02. The van der Waals surface area contributed by atoms with Gasteiger partial charge in [-0.05, 0) is 26.0 Å². The molecule has 0 bridgehead atoms. The highest BCUT2D eigenvalue weighted by atomic mass is 31.1. The normalized spacial score (nSPS) is 13.8. The quantitative estimate of drug-likeness (QED) is 0.644. The van der Waals surface area contributed by atoms with Crippen molar-refractivity contribution < 1.29 is 18.6 Å². The molecule has 1 rings (SSSR count). The van der Waals surface area contributed by atoms with E-state index in [0.717, 1.165) is 5.56 Å². The molecule has 2 atom stereocenters. The summed E-state index contributed by atoms with van der Waals surface area (Å²) in [6, 6.07) is 6.50. The van der Waals surface area contributed by atoms with Gasteiger partial charge in [0, 0.05) is 0 Å². The van der Waals surface area contributed by atoms with Crippen LogP contribution in [-0.2, 0) is 14.1 Å². The van der Waals surface area contributed by atoms with Crippen LogP contribution < -0.4 is 9.61 Å². The molecule has 0 fully saturated rings. The van der Waals surface area contributed by atoms with E-state index < -0.39 is 20.2 Å². The molecule has 0 heterocycles. The van der Waals surface area contributed by atoms with Crippen molar-refractivity contribution in [2.75, 3.05) is 7.11 Å². The van der Waals surface area contributed by atoms with Crippen molar-refractivity contribution >= 4 is 14.1 Å². The summed E-state index contributed by atoms with van der Waals surface area (Å²) in [6.07, 6.45) is 0. The van der Waals surface area contributed by atoms with E-state index in [0.29, 0.717) is 5.75 Å². The standard InChI is InChI=1S/C11H16NO4P/c1-8-4-6-10(7-5-8)16-17(14)12-9(2)11(13)15-3/h4-7,9,17H,1-3H3,(H,12,14)/t9-/m0/s1. The van der Waals surface area contributed by atoms with Crippen molar-refractivity contribution in [2.24, 2.45) is 0 Å². The Bertz CT molecular complexity index is 404. The summed E-state index contributed by atoms with van der Waals surface area (Å²) in [4.78, 5) is 11.1. The van der Waals surface area contributed by atoms with Crippen LogP contribution in [0.2, 0.25) is 0 Å². The predicted octanol–water partition coefficient (Wildman–Crippen LogP) is 1.91. The Balaban J connectivity index is 2.50. The fourth-order valence-electron chi connectivity index (χ4n) is 1.16. The zero-order valence-corrected chi connectivity index (χ0v) is 11.0. The monoisotopic (exact) mass is 257 g/mol. The van der Waals surface area contributed by atoms with Gasteiger partial charge in [-0.2, -0.15) is 0 Å².